The van der Waals surface area contributed by atoms with Gasteiger partial charge in [0.1, 0.15) is 11.6 Å². The van der Waals surface area contributed by atoms with E-state index in [2.05, 4.69) is 15.3 Å². The zero-order valence-electron chi connectivity index (χ0n) is 9.16. The topological polar surface area (TPSA) is 47.0 Å². The van der Waals surface area contributed by atoms with E-state index in [1.165, 1.54) is 0 Å². The molecule has 1 N–H and O–H groups in total. The minimum atomic E-state index is 0.138. The van der Waals surface area contributed by atoms with Crippen molar-refractivity contribution in [3.8, 4) is 5.88 Å². The Morgan fingerprint density at radius 1 is 1.43 bits per heavy atom. The molecule has 4 nitrogen and oxygen atoms in total. The number of hydrogen-bond acceptors (Lipinski definition) is 4. The Hall–Kier alpha value is -1.32. The van der Waals surface area contributed by atoms with Crippen LogP contribution in [-0.4, -0.2) is 23.1 Å². The molecule has 0 aliphatic carbocycles. The number of nitrogens with one attached hydrogen (secondary N) is 1. The smallest absolute Gasteiger partial charge is 0.218 e. The number of hydrogen-bond donors (Lipinski definition) is 1. The van der Waals surface area contributed by atoms with Crippen molar-refractivity contribution in [2.45, 2.75) is 33.3 Å². The van der Waals surface area contributed by atoms with Crippen LogP contribution in [0.1, 0.15) is 26.6 Å². The molecule has 4 heteroatoms. The average molecular weight is 195 g/mol. The maximum atomic E-state index is 5.51. The molecule has 0 unspecified atom stereocenters. The zero-order chi connectivity index (χ0) is 10.6. The van der Waals surface area contributed by atoms with Crippen molar-refractivity contribution in [3.05, 3.63) is 11.9 Å². The quantitative estimate of drug-likeness (QED) is 0.796. The summed E-state index contributed by atoms with van der Waals surface area (Å²) in [6, 6.07) is 1.80. The number of rotatable bonds is 4. The molecule has 0 amide bonds. The fourth-order valence-electron chi connectivity index (χ4n) is 1.06. The minimum absolute atomic E-state index is 0.138. The molecule has 0 radical (unpaired) electrons. The zero-order valence-corrected chi connectivity index (χ0v) is 9.16. The highest BCUT2D eigenvalue weighted by Crippen LogP contribution is 2.14. The number of aryl methyl sites for hydroxylation is 1. The van der Waals surface area contributed by atoms with E-state index in [9.17, 15) is 0 Å². The Bertz CT molecular complexity index is 277. The third-order valence-corrected chi connectivity index (χ3v) is 1.68. The predicted molar refractivity (Wildman–Crippen MR) is 56.7 cm³/mol. The number of aromatic nitrogens is 2. The van der Waals surface area contributed by atoms with Crippen LogP contribution in [0.3, 0.4) is 0 Å². The maximum absolute atomic E-state index is 5.51. The highest BCUT2D eigenvalue weighted by molar-refractivity contribution is 5.37. The van der Waals surface area contributed by atoms with E-state index < -0.39 is 0 Å². The van der Waals surface area contributed by atoms with Crippen LogP contribution in [0.5, 0.6) is 5.88 Å². The lowest BCUT2D eigenvalue weighted by molar-refractivity contribution is 0.231. The van der Waals surface area contributed by atoms with E-state index in [4.69, 9.17) is 4.74 Å². The molecule has 1 rings (SSSR count). The van der Waals surface area contributed by atoms with Crippen LogP contribution in [0.15, 0.2) is 6.07 Å². The van der Waals surface area contributed by atoms with Gasteiger partial charge in [-0.25, -0.2) is 4.98 Å². The average Bonchev–Trinajstić information content (AvgIpc) is 2.16. The minimum Gasteiger partial charge on any atom is -0.475 e. The first kappa shape index (κ1) is 10.8. The van der Waals surface area contributed by atoms with Crippen molar-refractivity contribution in [1.29, 1.82) is 0 Å². The summed E-state index contributed by atoms with van der Waals surface area (Å²) in [5.41, 5.74) is 0. The van der Waals surface area contributed by atoms with Gasteiger partial charge in [-0.05, 0) is 13.8 Å². The van der Waals surface area contributed by atoms with Gasteiger partial charge >= 0.3 is 0 Å². The van der Waals surface area contributed by atoms with Crippen molar-refractivity contribution in [2.24, 2.45) is 0 Å². The fraction of sp³-hybridized carbons (Fsp3) is 0.600. The standard InChI is InChI=1S/C10H17N3O/c1-5-8-12-9(11-4)6-10(13-8)14-7(2)3/h6-7H,5H2,1-4H3,(H,11,12,13). The third kappa shape index (κ3) is 2.87. The normalized spacial score (nSPS) is 10.4. The van der Waals surface area contributed by atoms with Gasteiger partial charge in [0.25, 0.3) is 0 Å². The van der Waals surface area contributed by atoms with E-state index in [0.29, 0.717) is 5.88 Å². The monoisotopic (exact) mass is 195 g/mol. The summed E-state index contributed by atoms with van der Waals surface area (Å²) >= 11 is 0. The van der Waals surface area contributed by atoms with Gasteiger partial charge in [0, 0.05) is 19.5 Å². The molecule has 0 atom stereocenters. The molecule has 0 saturated heterocycles. The molecule has 0 aromatic carbocycles. The van der Waals surface area contributed by atoms with Crippen LogP contribution in [-0.2, 0) is 6.42 Å². The molecule has 0 aliphatic rings. The molecule has 1 aromatic heterocycles. The van der Waals surface area contributed by atoms with Gasteiger partial charge in [0.15, 0.2) is 0 Å². The van der Waals surface area contributed by atoms with Crippen LogP contribution in [0.2, 0.25) is 0 Å². The number of ether oxygens (including phenoxy) is 1. The second-order valence-electron chi connectivity index (χ2n) is 3.28. The van der Waals surface area contributed by atoms with Gasteiger partial charge in [0.2, 0.25) is 5.88 Å². The summed E-state index contributed by atoms with van der Waals surface area (Å²) in [4.78, 5) is 8.54. The van der Waals surface area contributed by atoms with Gasteiger partial charge in [0.05, 0.1) is 6.10 Å². The van der Waals surface area contributed by atoms with Crippen LogP contribution in [0, 0.1) is 0 Å². The van der Waals surface area contributed by atoms with E-state index in [-0.39, 0.29) is 6.10 Å². The second-order valence-corrected chi connectivity index (χ2v) is 3.28. The highest BCUT2D eigenvalue weighted by atomic mass is 16.5. The summed E-state index contributed by atoms with van der Waals surface area (Å²) in [6.07, 6.45) is 0.948. The maximum Gasteiger partial charge on any atom is 0.218 e. The van der Waals surface area contributed by atoms with Gasteiger partial charge in [-0.2, -0.15) is 4.98 Å². The molecule has 78 valence electrons. The van der Waals surface area contributed by atoms with Crippen LogP contribution >= 0.6 is 0 Å². The molecule has 0 bridgehead atoms. The Morgan fingerprint density at radius 3 is 2.64 bits per heavy atom. The van der Waals surface area contributed by atoms with E-state index in [0.717, 1.165) is 18.1 Å². The predicted octanol–water partition coefficient (Wildman–Crippen LogP) is 1.87. The first-order chi connectivity index (χ1) is 6.65. The Kier molecular flexibility index (Phi) is 3.68. The molecule has 14 heavy (non-hydrogen) atoms. The summed E-state index contributed by atoms with van der Waals surface area (Å²) < 4.78 is 5.51. The second kappa shape index (κ2) is 4.79. The Balaban J connectivity index is 2.92. The molecular weight excluding hydrogens is 178 g/mol. The molecule has 1 heterocycles. The van der Waals surface area contributed by atoms with E-state index >= 15 is 0 Å². The summed E-state index contributed by atoms with van der Waals surface area (Å²) in [7, 11) is 1.83. The summed E-state index contributed by atoms with van der Waals surface area (Å²) in [5, 5.41) is 2.98. The van der Waals surface area contributed by atoms with E-state index in [1.54, 1.807) is 6.07 Å². The van der Waals surface area contributed by atoms with Gasteiger partial charge < -0.3 is 10.1 Å². The van der Waals surface area contributed by atoms with E-state index in [1.807, 2.05) is 27.8 Å². The fourth-order valence-corrected chi connectivity index (χ4v) is 1.06. The first-order valence-electron chi connectivity index (χ1n) is 4.88. The highest BCUT2D eigenvalue weighted by Gasteiger charge is 2.04. The Morgan fingerprint density at radius 2 is 2.14 bits per heavy atom. The summed E-state index contributed by atoms with van der Waals surface area (Å²) in [6.45, 7) is 5.98. The van der Waals surface area contributed by atoms with Crippen LogP contribution < -0.4 is 10.1 Å². The lowest BCUT2D eigenvalue weighted by atomic mass is 10.4. The molecule has 1 aromatic rings. The first-order valence-corrected chi connectivity index (χ1v) is 4.88. The van der Waals surface area contributed by atoms with Gasteiger partial charge in [-0.15, -0.1) is 0 Å². The third-order valence-electron chi connectivity index (χ3n) is 1.68. The molecule has 0 aliphatic heterocycles. The van der Waals surface area contributed by atoms with Gasteiger partial charge in [-0.1, -0.05) is 6.92 Å². The largest absolute Gasteiger partial charge is 0.475 e. The van der Waals surface area contributed by atoms with Gasteiger partial charge in [-0.3, -0.25) is 0 Å². The van der Waals surface area contributed by atoms with Crippen LogP contribution in [0.25, 0.3) is 0 Å². The SMILES string of the molecule is CCc1nc(NC)cc(OC(C)C)n1. The Labute approximate surface area is 84.7 Å². The van der Waals surface area contributed by atoms with Crippen molar-refractivity contribution in [3.63, 3.8) is 0 Å². The molecule has 0 fully saturated rings. The number of anilines is 1. The van der Waals surface area contributed by atoms with Crippen molar-refractivity contribution in [2.75, 3.05) is 12.4 Å². The lowest BCUT2D eigenvalue weighted by Gasteiger charge is -2.10. The molecule has 0 spiro atoms. The van der Waals surface area contributed by atoms with Crippen molar-refractivity contribution >= 4 is 5.82 Å². The van der Waals surface area contributed by atoms with Crippen molar-refractivity contribution in [1.82, 2.24) is 9.97 Å². The summed E-state index contributed by atoms with van der Waals surface area (Å²) in [5.74, 6) is 2.23. The van der Waals surface area contributed by atoms with Crippen LogP contribution in [0.4, 0.5) is 5.82 Å². The number of nitrogens with zero attached hydrogens (tertiary/aromatic N) is 2. The lowest BCUT2D eigenvalue weighted by Crippen LogP contribution is -2.09. The molecular formula is C10H17N3O. The van der Waals surface area contributed by atoms with Crippen molar-refractivity contribution < 1.29 is 4.74 Å². The molecule has 0 saturated carbocycles.